The average Bonchev–Trinajstić information content (AvgIpc) is 2.05. The third kappa shape index (κ3) is 1.50. The molecule has 1 heterocycles. The molecule has 1 aliphatic rings. The Morgan fingerprint density at radius 3 is 2.36 bits per heavy atom. The van der Waals surface area contributed by atoms with Gasteiger partial charge in [0.1, 0.15) is 6.67 Å². The highest BCUT2D eigenvalue weighted by Crippen LogP contribution is 2.29. The maximum Gasteiger partial charge on any atom is 0.312 e. The van der Waals surface area contributed by atoms with Crippen LogP contribution in [-0.2, 0) is 4.79 Å². The van der Waals surface area contributed by atoms with Gasteiger partial charge in [-0.1, -0.05) is 0 Å². The van der Waals surface area contributed by atoms with Crippen LogP contribution >= 0.6 is 0 Å². The summed E-state index contributed by atoms with van der Waals surface area (Å²) in [6.07, 6.45) is 0.803. The topological polar surface area (TPSA) is 49.3 Å². The lowest BCUT2D eigenvalue weighted by Crippen LogP contribution is -2.43. The average molecular weight is 161 g/mol. The van der Waals surface area contributed by atoms with Gasteiger partial charge in [0.25, 0.3) is 0 Å². The molecule has 4 heteroatoms. The predicted octanol–water partition coefficient (Wildman–Crippen LogP) is 0.410. The predicted molar refractivity (Wildman–Crippen MR) is 38.1 cm³/mol. The number of carbonyl (C=O) groups is 1. The van der Waals surface area contributed by atoms with E-state index in [1.165, 1.54) is 0 Å². The molecule has 0 amide bonds. The molecular formula is C7H12FNO2. The van der Waals surface area contributed by atoms with E-state index in [0.717, 1.165) is 0 Å². The summed E-state index contributed by atoms with van der Waals surface area (Å²) in [6, 6.07) is 0. The first-order valence-electron chi connectivity index (χ1n) is 3.71. The molecule has 0 aromatic carbocycles. The van der Waals surface area contributed by atoms with Crippen molar-refractivity contribution in [1.82, 2.24) is 5.32 Å². The Morgan fingerprint density at radius 1 is 1.55 bits per heavy atom. The molecule has 0 atom stereocenters. The highest BCUT2D eigenvalue weighted by Gasteiger charge is 2.39. The Morgan fingerprint density at radius 2 is 2.09 bits per heavy atom. The van der Waals surface area contributed by atoms with Crippen molar-refractivity contribution in [2.75, 3.05) is 19.8 Å². The van der Waals surface area contributed by atoms with Gasteiger partial charge in [0.2, 0.25) is 0 Å². The van der Waals surface area contributed by atoms with Crippen LogP contribution in [0.15, 0.2) is 0 Å². The van der Waals surface area contributed by atoms with E-state index in [-0.39, 0.29) is 0 Å². The molecule has 1 fully saturated rings. The molecule has 1 rings (SSSR count). The van der Waals surface area contributed by atoms with Gasteiger partial charge in [-0.3, -0.25) is 4.79 Å². The van der Waals surface area contributed by atoms with Gasteiger partial charge in [0.15, 0.2) is 0 Å². The number of rotatable bonds is 2. The largest absolute Gasteiger partial charge is 0.481 e. The van der Waals surface area contributed by atoms with Gasteiger partial charge < -0.3 is 10.4 Å². The monoisotopic (exact) mass is 161 g/mol. The first kappa shape index (κ1) is 8.46. The Bertz CT molecular complexity index is 155. The van der Waals surface area contributed by atoms with E-state index in [9.17, 15) is 9.18 Å². The van der Waals surface area contributed by atoms with E-state index < -0.39 is 18.1 Å². The quantitative estimate of drug-likeness (QED) is 0.616. The Hall–Kier alpha value is -0.640. The second kappa shape index (κ2) is 3.17. The van der Waals surface area contributed by atoms with E-state index in [1.807, 2.05) is 0 Å². The molecule has 2 N–H and O–H groups in total. The molecular weight excluding hydrogens is 149 g/mol. The smallest absolute Gasteiger partial charge is 0.312 e. The maximum absolute atomic E-state index is 12.4. The zero-order valence-corrected chi connectivity index (χ0v) is 6.27. The maximum atomic E-state index is 12.4. The molecule has 3 nitrogen and oxygen atoms in total. The lowest BCUT2D eigenvalue weighted by atomic mass is 9.80. The summed E-state index contributed by atoms with van der Waals surface area (Å²) in [5, 5.41) is 11.7. The summed E-state index contributed by atoms with van der Waals surface area (Å²) in [5.41, 5.74) is -1.09. The third-order valence-corrected chi connectivity index (χ3v) is 2.27. The summed E-state index contributed by atoms with van der Waals surface area (Å²) in [7, 11) is 0. The van der Waals surface area contributed by atoms with Gasteiger partial charge in [0, 0.05) is 0 Å². The molecule has 0 radical (unpaired) electrons. The van der Waals surface area contributed by atoms with Crippen molar-refractivity contribution in [3.05, 3.63) is 0 Å². The first-order chi connectivity index (χ1) is 5.21. The van der Waals surface area contributed by atoms with Crippen LogP contribution in [0.5, 0.6) is 0 Å². The van der Waals surface area contributed by atoms with E-state index in [2.05, 4.69) is 5.32 Å². The highest BCUT2D eigenvalue weighted by atomic mass is 19.1. The fourth-order valence-electron chi connectivity index (χ4n) is 1.31. The number of aliphatic carboxylic acids is 1. The molecule has 1 aliphatic heterocycles. The normalized spacial score (nSPS) is 23.0. The molecule has 0 aromatic heterocycles. The van der Waals surface area contributed by atoms with Crippen molar-refractivity contribution >= 4 is 5.97 Å². The third-order valence-electron chi connectivity index (χ3n) is 2.27. The molecule has 0 unspecified atom stereocenters. The molecule has 1 saturated heterocycles. The van der Waals surface area contributed by atoms with Crippen LogP contribution < -0.4 is 5.32 Å². The summed E-state index contributed by atoms with van der Waals surface area (Å²) in [6.45, 7) is 0.469. The van der Waals surface area contributed by atoms with Crippen LogP contribution in [0.3, 0.4) is 0 Å². The summed E-state index contributed by atoms with van der Waals surface area (Å²) >= 11 is 0. The number of piperidine rings is 1. The number of hydrogen-bond donors (Lipinski definition) is 2. The lowest BCUT2D eigenvalue weighted by Gasteiger charge is -2.30. The molecule has 0 saturated carbocycles. The summed E-state index contributed by atoms with van der Waals surface area (Å²) in [4.78, 5) is 10.6. The van der Waals surface area contributed by atoms with Crippen molar-refractivity contribution in [2.45, 2.75) is 12.8 Å². The zero-order valence-electron chi connectivity index (χ0n) is 6.27. The minimum Gasteiger partial charge on any atom is -0.481 e. The zero-order chi connectivity index (χ0) is 8.32. The van der Waals surface area contributed by atoms with Crippen LogP contribution in [-0.4, -0.2) is 30.8 Å². The lowest BCUT2D eigenvalue weighted by molar-refractivity contribution is -0.151. The number of alkyl halides is 1. The van der Waals surface area contributed by atoms with Gasteiger partial charge in [-0.05, 0) is 25.9 Å². The molecule has 0 spiro atoms. The second-order valence-electron chi connectivity index (χ2n) is 2.97. The van der Waals surface area contributed by atoms with E-state index in [0.29, 0.717) is 25.9 Å². The van der Waals surface area contributed by atoms with Crippen LogP contribution in [0.1, 0.15) is 12.8 Å². The minimum absolute atomic E-state index is 0.402. The first-order valence-corrected chi connectivity index (χ1v) is 3.71. The van der Waals surface area contributed by atoms with Crippen molar-refractivity contribution in [3.8, 4) is 0 Å². The Kier molecular flexibility index (Phi) is 2.44. The standard InChI is InChI=1S/C7H12FNO2/c8-5-7(6(10)11)1-3-9-4-2-7/h9H,1-5H2,(H,10,11). The summed E-state index contributed by atoms with van der Waals surface area (Å²) < 4.78 is 12.4. The van der Waals surface area contributed by atoms with E-state index in [1.54, 1.807) is 0 Å². The number of hydrogen-bond acceptors (Lipinski definition) is 2. The summed E-state index contributed by atoms with van der Waals surface area (Å²) in [5.74, 6) is -0.999. The van der Waals surface area contributed by atoms with Gasteiger partial charge in [0.05, 0.1) is 5.41 Å². The fourth-order valence-corrected chi connectivity index (χ4v) is 1.31. The van der Waals surface area contributed by atoms with Gasteiger partial charge >= 0.3 is 5.97 Å². The Balaban J connectivity index is 2.64. The molecule has 11 heavy (non-hydrogen) atoms. The van der Waals surface area contributed by atoms with Crippen molar-refractivity contribution in [1.29, 1.82) is 0 Å². The minimum atomic E-state index is -1.09. The van der Waals surface area contributed by atoms with Crippen molar-refractivity contribution in [2.24, 2.45) is 5.41 Å². The molecule has 0 aromatic rings. The van der Waals surface area contributed by atoms with Crippen LogP contribution in [0, 0.1) is 5.41 Å². The number of nitrogens with one attached hydrogen (secondary N) is 1. The molecule has 64 valence electrons. The van der Waals surface area contributed by atoms with E-state index in [4.69, 9.17) is 5.11 Å². The Labute approximate surface area is 64.6 Å². The van der Waals surface area contributed by atoms with Gasteiger partial charge in [-0.15, -0.1) is 0 Å². The van der Waals surface area contributed by atoms with Crippen molar-refractivity contribution < 1.29 is 14.3 Å². The van der Waals surface area contributed by atoms with Gasteiger partial charge in [-0.2, -0.15) is 0 Å². The van der Waals surface area contributed by atoms with Crippen LogP contribution in [0.2, 0.25) is 0 Å². The number of carboxylic acids is 1. The SMILES string of the molecule is O=C(O)C1(CF)CCNCC1. The number of halogens is 1. The fraction of sp³-hybridized carbons (Fsp3) is 0.857. The second-order valence-corrected chi connectivity index (χ2v) is 2.97. The van der Waals surface area contributed by atoms with Gasteiger partial charge in [-0.25, -0.2) is 4.39 Å². The molecule has 0 bridgehead atoms. The van der Waals surface area contributed by atoms with Crippen molar-refractivity contribution in [3.63, 3.8) is 0 Å². The van der Waals surface area contributed by atoms with Crippen LogP contribution in [0.4, 0.5) is 4.39 Å². The highest BCUT2D eigenvalue weighted by molar-refractivity contribution is 5.75. The number of carboxylic acid groups (broad SMARTS) is 1. The van der Waals surface area contributed by atoms with E-state index >= 15 is 0 Å². The molecule has 0 aliphatic carbocycles. The van der Waals surface area contributed by atoms with Crippen LogP contribution in [0.25, 0.3) is 0 Å².